The van der Waals surface area contributed by atoms with Crippen LogP contribution in [0.3, 0.4) is 0 Å². The molecule has 0 saturated carbocycles. The molecular formula is C21H28N2O4S. The lowest BCUT2D eigenvalue weighted by atomic mass is 10.0. The van der Waals surface area contributed by atoms with E-state index in [1.54, 1.807) is 61.7 Å². The van der Waals surface area contributed by atoms with Crippen LogP contribution in [-0.4, -0.2) is 39.3 Å². The van der Waals surface area contributed by atoms with Crippen molar-refractivity contribution in [1.29, 1.82) is 0 Å². The number of nitrogens with one attached hydrogen (secondary N) is 1. The number of hydrogen-bond acceptors (Lipinski definition) is 4. The molecule has 0 aliphatic rings. The zero-order valence-electron chi connectivity index (χ0n) is 16.6. The molecule has 152 valence electrons. The zero-order valence-corrected chi connectivity index (χ0v) is 17.4. The lowest BCUT2D eigenvalue weighted by molar-refractivity contribution is -0.121. The van der Waals surface area contributed by atoms with E-state index < -0.39 is 16.1 Å². The number of amides is 1. The smallest absolute Gasteiger partial charge is 0.243 e. The van der Waals surface area contributed by atoms with Crippen molar-refractivity contribution < 1.29 is 17.9 Å². The topological polar surface area (TPSA) is 75.7 Å². The van der Waals surface area contributed by atoms with E-state index in [-0.39, 0.29) is 17.2 Å². The van der Waals surface area contributed by atoms with Gasteiger partial charge in [0, 0.05) is 20.0 Å². The molecule has 7 heteroatoms. The molecule has 0 saturated heterocycles. The molecule has 1 atom stereocenters. The van der Waals surface area contributed by atoms with E-state index in [1.807, 2.05) is 6.92 Å². The van der Waals surface area contributed by atoms with E-state index in [4.69, 9.17) is 4.74 Å². The van der Waals surface area contributed by atoms with Gasteiger partial charge in [-0.3, -0.25) is 4.79 Å². The van der Waals surface area contributed by atoms with Crippen LogP contribution in [-0.2, 0) is 14.8 Å². The molecule has 1 amide bonds. The van der Waals surface area contributed by atoms with Crippen molar-refractivity contribution in [1.82, 2.24) is 9.62 Å². The maximum absolute atomic E-state index is 13.1. The van der Waals surface area contributed by atoms with Gasteiger partial charge in [-0.2, -0.15) is 4.31 Å². The third-order valence-electron chi connectivity index (χ3n) is 4.59. The van der Waals surface area contributed by atoms with E-state index in [2.05, 4.69) is 5.32 Å². The second-order valence-corrected chi connectivity index (χ2v) is 8.53. The molecule has 0 radical (unpaired) electrons. The minimum Gasteiger partial charge on any atom is -0.497 e. The summed E-state index contributed by atoms with van der Waals surface area (Å²) in [7, 11) is -0.671. The first-order chi connectivity index (χ1) is 13.4. The molecule has 0 aliphatic carbocycles. The van der Waals surface area contributed by atoms with E-state index in [0.29, 0.717) is 12.3 Å². The number of unbranched alkanes of at least 4 members (excludes halogenated alkanes) is 1. The summed E-state index contributed by atoms with van der Waals surface area (Å²) in [6.07, 6.45) is 1.90. The van der Waals surface area contributed by atoms with E-state index in [9.17, 15) is 13.2 Å². The van der Waals surface area contributed by atoms with Gasteiger partial charge in [0.1, 0.15) is 5.75 Å². The largest absolute Gasteiger partial charge is 0.497 e. The molecule has 0 fully saturated rings. The standard InChI is InChI=1S/C21H28N2O4S/c1-4-5-15-22-21(24)16-20(17-11-13-18(27-3)14-12-17)23(2)28(25,26)19-9-7-6-8-10-19/h6-14,20H,4-5,15-16H2,1-3H3,(H,22,24)/t20-/m1/s1. The molecule has 2 aromatic rings. The molecule has 1 N–H and O–H groups in total. The molecule has 2 aromatic carbocycles. The quantitative estimate of drug-likeness (QED) is 0.616. The number of rotatable bonds is 10. The monoisotopic (exact) mass is 404 g/mol. The highest BCUT2D eigenvalue weighted by Crippen LogP contribution is 2.30. The molecule has 0 heterocycles. The highest BCUT2D eigenvalue weighted by molar-refractivity contribution is 7.89. The second-order valence-electron chi connectivity index (χ2n) is 6.53. The Hall–Kier alpha value is -2.38. The molecule has 0 bridgehead atoms. The minimum absolute atomic E-state index is 0.0403. The number of hydrogen-bond donors (Lipinski definition) is 1. The number of carbonyl (C=O) groups excluding carboxylic acids is 1. The zero-order chi connectivity index (χ0) is 20.6. The van der Waals surface area contributed by atoms with Crippen molar-refractivity contribution in [2.75, 3.05) is 20.7 Å². The highest BCUT2D eigenvalue weighted by Gasteiger charge is 2.30. The van der Waals surface area contributed by atoms with Crippen LogP contribution in [0.4, 0.5) is 0 Å². The summed E-state index contributed by atoms with van der Waals surface area (Å²) in [4.78, 5) is 12.6. The van der Waals surface area contributed by atoms with Gasteiger partial charge in [0.05, 0.1) is 18.0 Å². The Morgan fingerprint density at radius 3 is 2.32 bits per heavy atom. The fraction of sp³-hybridized carbons (Fsp3) is 0.381. The Morgan fingerprint density at radius 2 is 1.75 bits per heavy atom. The highest BCUT2D eigenvalue weighted by atomic mass is 32.2. The number of benzene rings is 2. The Labute approximate surface area is 167 Å². The van der Waals surface area contributed by atoms with Crippen LogP contribution < -0.4 is 10.1 Å². The van der Waals surface area contributed by atoms with E-state index >= 15 is 0 Å². The number of methoxy groups -OCH3 is 1. The Morgan fingerprint density at radius 1 is 1.11 bits per heavy atom. The molecular weight excluding hydrogens is 376 g/mol. The molecule has 28 heavy (non-hydrogen) atoms. The summed E-state index contributed by atoms with van der Waals surface area (Å²) >= 11 is 0. The van der Waals surface area contributed by atoms with Gasteiger partial charge in [0.2, 0.25) is 15.9 Å². The van der Waals surface area contributed by atoms with E-state index in [0.717, 1.165) is 18.4 Å². The van der Waals surface area contributed by atoms with Gasteiger partial charge in [-0.05, 0) is 36.2 Å². The van der Waals surface area contributed by atoms with Gasteiger partial charge in [-0.1, -0.05) is 43.7 Å². The molecule has 6 nitrogen and oxygen atoms in total. The fourth-order valence-electron chi connectivity index (χ4n) is 2.86. The first-order valence-corrected chi connectivity index (χ1v) is 10.8. The summed E-state index contributed by atoms with van der Waals surface area (Å²) in [6, 6.07) is 14.7. The van der Waals surface area contributed by atoms with Crippen LogP contribution >= 0.6 is 0 Å². The van der Waals surface area contributed by atoms with Crippen LogP contribution in [0.5, 0.6) is 5.75 Å². The van der Waals surface area contributed by atoms with Gasteiger partial charge in [-0.15, -0.1) is 0 Å². The molecule has 0 aromatic heterocycles. The predicted molar refractivity (Wildman–Crippen MR) is 110 cm³/mol. The van der Waals surface area contributed by atoms with Gasteiger partial charge in [0.25, 0.3) is 0 Å². The third-order valence-corrected chi connectivity index (χ3v) is 6.47. The summed E-state index contributed by atoms with van der Waals surface area (Å²) < 4.78 is 32.6. The second kappa shape index (κ2) is 10.2. The lowest BCUT2D eigenvalue weighted by Gasteiger charge is -2.28. The van der Waals surface area contributed by atoms with Gasteiger partial charge >= 0.3 is 0 Å². The third kappa shape index (κ3) is 5.56. The number of carbonyl (C=O) groups is 1. The van der Waals surface area contributed by atoms with Crippen molar-refractivity contribution in [2.45, 2.75) is 37.1 Å². The molecule has 0 aliphatic heterocycles. The van der Waals surface area contributed by atoms with Crippen LogP contribution in [0.1, 0.15) is 37.8 Å². The Kier molecular flexibility index (Phi) is 8.02. The first-order valence-electron chi connectivity index (χ1n) is 9.34. The maximum atomic E-state index is 13.1. The van der Waals surface area contributed by atoms with E-state index in [1.165, 1.54) is 11.4 Å². The Balaban J connectivity index is 2.32. The fourth-order valence-corrected chi connectivity index (χ4v) is 4.23. The lowest BCUT2D eigenvalue weighted by Crippen LogP contribution is -2.35. The van der Waals surface area contributed by atoms with Gasteiger partial charge < -0.3 is 10.1 Å². The molecule has 0 spiro atoms. The maximum Gasteiger partial charge on any atom is 0.243 e. The van der Waals surface area contributed by atoms with Crippen molar-refractivity contribution in [3.63, 3.8) is 0 Å². The number of ether oxygens (including phenoxy) is 1. The van der Waals surface area contributed by atoms with Gasteiger partial charge in [0.15, 0.2) is 0 Å². The molecule has 0 unspecified atom stereocenters. The summed E-state index contributed by atoms with van der Waals surface area (Å²) in [6.45, 7) is 2.63. The summed E-state index contributed by atoms with van der Waals surface area (Å²) in [5, 5.41) is 2.87. The molecule has 2 rings (SSSR count). The van der Waals surface area contributed by atoms with Crippen LogP contribution in [0, 0.1) is 0 Å². The van der Waals surface area contributed by atoms with Crippen LogP contribution in [0.25, 0.3) is 0 Å². The first kappa shape index (κ1) is 21.9. The summed E-state index contributed by atoms with van der Waals surface area (Å²) in [5.41, 5.74) is 0.730. The number of nitrogens with zero attached hydrogens (tertiary/aromatic N) is 1. The SMILES string of the molecule is CCCCNC(=O)C[C@H](c1ccc(OC)cc1)N(C)S(=O)(=O)c1ccccc1. The van der Waals surface area contributed by atoms with Crippen molar-refractivity contribution in [3.05, 3.63) is 60.2 Å². The van der Waals surface area contributed by atoms with Gasteiger partial charge in [-0.25, -0.2) is 8.42 Å². The van der Waals surface area contributed by atoms with Crippen molar-refractivity contribution >= 4 is 15.9 Å². The Bertz CT molecular complexity index is 852. The predicted octanol–water partition coefficient (Wildman–Crippen LogP) is 3.36. The minimum atomic E-state index is -3.75. The summed E-state index contributed by atoms with van der Waals surface area (Å²) in [5.74, 6) is 0.493. The van der Waals surface area contributed by atoms with Crippen molar-refractivity contribution in [2.24, 2.45) is 0 Å². The van der Waals surface area contributed by atoms with Crippen LogP contribution in [0.2, 0.25) is 0 Å². The average molecular weight is 405 g/mol. The normalized spacial score (nSPS) is 12.6. The van der Waals surface area contributed by atoms with Crippen molar-refractivity contribution in [3.8, 4) is 5.75 Å². The number of sulfonamides is 1. The average Bonchev–Trinajstić information content (AvgIpc) is 2.72. The van der Waals surface area contributed by atoms with Crippen LogP contribution in [0.15, 0.2) is 59.5 Å².